The molecule has 0 bridgehead atoms. The molecule has 1 N–H and O–H groups in total. The highest BCUT2D eigenvalue weighted by atomic mass is 16.6. The van der Waals surface area contributed by atoms with Crippen LogP contribution in [0.1, 0.15) is 6.04 Å². The van der Waals surface area contributed by atoms with Crippen LogP contribution in [0.4, 0.5) is 0 Å². The topological polar surface area (TPSA) is 47.5 Å². The highest BCUT2D eigenvalue weighted by molar-refractivity contribution is 4.97. The maximum absolute atomic E-state index is 9.60. The van der Waals surface area contributed by atoms with Gasteiger partial charge in [-0.2, -0.15) is 0 Å². The van der Waals surface area contributed by atoms with Gasteiger partial charge in [0.2, 0.25) is 6.33 Å². The van der Waals surface area contributed by atoms with Crippen LogP contribution in [0.5, 0.6) is 0 Å². The monoisotopic (exact) mass is 211 g/mol. The number of imidazole rings is 1. The van der Waals surface area contributed by atoms with Gasteiger partial charge in [0.05, 0.1) is 20.3 Å². The number of aryl methyl sites for hydroxylation is 1. The molecule has 0 amide bonds. The predicted molar refractivity (Wildman–Crippen MR) is 50.1 cm³/mol. The second kappa shape index (κ2) is 3.30. The summed E-state index contributed by atoms with van der Waals surface area (Å²) < 4.78 is 15.2. The van der Waals surface area contributed by atoms with Gasteiger partial charge in [-0.1, -0.05) is 0 Å². The van der Waals surface area contributed by atoms with Crippen molar-refractivity contribution in [1.82, 2.24) is 4.57 Å². The molecule has 0 unspecified atom stereocenters. The number of aromatic nitrogens is 2. The molecule has 0 aromatic carbocycles. The lowest BCUT2D eigenvalue weighted by molar-refractivity contribution is -0.671. The summed E-state index contributed by atoms with van der Waals surface area (Å²) in [5, 5.41) is 9.60. The Kier molecular flexibility index (Phi) is 2.05. The van der Waals surface area contributed by atoms with Crippen molar-refractivity contribution < 1.29 is 19.1 Å². The van der Waals surface area contributed by atoms with Gasteiger partial charge in [-0.25, -0.2) is 9.13 Å². The first-order chi connectivity index (χ1) is 7.25. The number of rotatable bonds is 1. The van der Waals surface area contributed by atoms with Crippen molar-refractivity contribution in [3.8, 4) is 0 Å². The number of nitrogens with zero attached hydrogens (tertiary/aromatic N) is 2. The van der Waals surface area contributed by atoms with Crippen LogP contribution in [-0.2, 0) is 16.5 Å². The molecule has 0 spiro atoms. The number of hydrogen-bond donors (Lipinski definition) is 1. The Morgan fingerprint density at radius 1 is 1.33 bits per heavy atom. The molecule has 1 aromatic heterocycles. The van der Waals surface area contributed by atoms with Crippen LogP contribution in [-0.4, -0.2) is 41.2 Å². The van der Waals surface area contributed by atoms with Gasteiger partial charge < -0.3 is 14.6 Å². The summed E-state index contributed by atoms with van der Waals surface area (Å²) in [4.78, 5) is 0. The highest BCUT2D eigenvalue weighted by Gasteiger charge is 2.49. The van der Waals surface area contributed by atoms with Gasteiger partial charge in [-0.3, -0.25) is 0 Å². The molecule has 4 atom stereocenters. The Morgan fingerprint density at radius 3 is 2.87 bits per heavy atom. The summed E-state index contributed by atoms with van der Waals surface area (Å²) in [5.41, 5.74) is 0. The van der Waals surface area contributed by atoms with Crippen molar-refractivity contribution in [2.24, 2.45) is 7.05 Å². The minimum absolute atomic E-state index is 0.00704. The molecule has 0 radical (unpaired) electrons. The summed E-state index contributed by atoms with van der Waals surface area (Å²) in [6.45, 7) is 1.00. The maximum Gasteiger partial charge on any atom is 0.243 e. The average Bonchev–Trinajstić information content (AvgIpc) is 2.84. The van der Waals surface area contributed by atoms with E-state index in [2.05, 4.69) is 4.57 Å². The van der Waals surface area contributed by atoms with E-state index in [1.54, 1.807) is 0 Å². The minimum Gasteiger partial charge on any atom is -0.388 e. The third kappa shape index (κ3) is 1.39. The van der Waals surface area contributed by atoms with Gasteiger partial charge in [-0.05, 0) is 0 Å². The third-order valence-corrected chi connectivity index (χ3v) is 3.17. The number of hydrogen-bond acceptors (Lipinski definition) is 3. The lowest BCUT2D eigenvalue weighted by Gasteiger charge is -2.12. The second-order valence-corrected chi connectivity index (χ2v) is 4.26. The molecule has 3 heterocycles. The average molecular weight is 211 g/mol. The summed E-state index contributed by atoms with van der Waals surface area (Å²) >= 11 is 0. The molecular weight excluding hydrogens is 196 g/mol. The molecule has 3 rings (SSSR count). The van der Waals surface area contributed by atoms with Crippen molar-refractivity contribution in [1.29, 1.82) is 0 Å². The van der Waals surface area contributed by atoms with Gasteiger partial charge in [-0.15, -0.1) is 0 Å². The first-order valence-electron chi connectivity index (χ1n) is 5.19. The number of ether oxygens (including phenoxy) is 2. The van der Waals surface area contributed by atoms with E-state index in [9.17, 15) is 5.11 Å². The zero-order valence-corrected chi connectivity index (χ0v) is 8.61. The summed E-state index contributed by atoms with van der Waals surface area (Å²) in [5.74, 6) is 0. The Balaban J connectivity index is 1.84. The number of aliphatic hydroxyl groups is 1. The molecule has 5 nitrogen and oxygen atoms in total. The van der Waals surface area contributed by atoms with Crippen molar-refractivity contribution in [2.75, 3.05) is 13.2 Å². The Bertz CT molecular complexity index is 365. The molecule has 5 heteroatoms. The first kappa shape index (κ1) is 9.33. The van der Waals surface area contributed by atoms with Crippen molar-refractivity contribution in [3.63, 3.8) is 0 Å². The third-order valence-electron chi connectivity index (χ3n) is 3.17. The van der Waals surface area contributed by atoms with Crippen molar-refractivity contribution in [3.05, 3.63) is 18.7 Å². The summed E-state index contributed by atoms with van der Waals surface area (Å²) in [7, 11) is 1.98. The van der Waals surface area contributed by atoms with Crippen LogP contribution < -0.4 is 4.57 Å². The molecule has 0 saturated carbocycles. The van der Waals surface area contributed by atoms with Gasteiger partial charge in [0.1, 0.15) is 30.7 Å². The molecule has 2 aliphatic heterocycles. The summed E-state index contributed by atoms with van der Waals surface area (Å²) in [6.07, 6.45) is 5.37. The van der Waals surface area contributed by atoms with E-state index in [4.69, 9.17) is 9.47 Å². The normalized spacial score (nSPS) is 39.6. The lowest BCUT2D eigenvalue weighted by atomic mass is 10.1. The molecule has 2 aliphatic rings. The number of aliphatic hydroxyl groups excluding tert-OH is 1. The number of fused-ring (bicyclic) bond motifs is 1. The fourth-order valence-electron chi connectivity index (χ4n) is 2.38. The molecule has 2 fully saturated rings. The molecule has 1 aromatic rings. The van der Waals surface area contributed by atoms with E-state index in [1.165, 1.54) is 0 Å². The molecular formula is C10H15N2O3+. The van der Waals surface area contributed by atoms with Crippen molar-refractivity contribution >= 4 is 0 Å². The molecule has 0 aliphatic carbocycles. The van der Waals surface area contributed by atoms with Gasteiger partial charge in [0.15, 0.2) is 6.04 Å². The zero-order valence-electron chi connectivity index (χ0n) is 8.61. The van der Waals surface area contributed by atoms with E-state index >= 15 is 0 Å². The first-order valence-corrected chi connectivity index (χ1v) is 5.19. The van der Waals surface area contributed by atoms with Crippen molar-refractivity contribution in [2.45, 2.75) is 24.4 Å². The van der Waals surface area contributed by atoms with Crippen LogP contribution in [0.3, 0.4) is 0 Å². The van der Waals surface area contributed by atoms with E-state index in [1.807, 2.05) is 30.3 Å². The molecule has 15 heavy (non-hydrogen) atoms. The SMILES string of the molecule is C[n+]1ccn([C@@H]2CO[C@H]3[C@@H]2OC[C@H]3O)c1. The van der Waals surface area contributed by atoms with Gasteiger partial charge in [0.25, 0.3) is 0 Å². The largest absolute Gasteiger partial charge is 0.388 e. The quantitative estimate of drug-likeness (QED) is 0.607. The van der Waals surface area contributed by atoms with Crippen LogP contribution in [0.2, 0.25) is 0 Å². The second-order valence-electron chi connectivity index (χ2n) is 4.26. The standard InChI is InChI=1S/C10H15N2O3/c1-11-2-3-12(6-11)7-4-14-10-8(13)5-15-9(7)10/h2-3,6-10,13H,4-5H2,1H3/q+1/t7-,8-,9-,10-/m1/s1. The maximum atomic E-state index is 9.60. The highest BCUT2D eigenvalue weighted by Crippen LogP contribution is 2.33. The lowest BCUT2D eigenvalue weighted by Crippen LogP contribution is -2.30. The molecule has 82 valence electrons. The van der Waals surface area contributed by atoms with Crippen LogP contribution in [0.25, 0.3) is 0 Å². The summed E-state index contributed by atoms with van der Waals surface area (Å²) in [6, 6.07) is 0.188. The minimum atomic E-state index is -0.468. The van der Waals surface area contributed by atoms with E-state index < -0.39 is 6.10 Å². The van der Waals surface area contributed by atoms with E-state index in [0.29, 0.717) is 13.2 Å². The van der Waals surface area contributed by atoms with E-state index in [0.717, 1.165) is 0 Å². The van der Waals surface area contributed by atoms with E-state index in [-0.39, 0.29) is 18.2 Å². The Hall–Kier alpha value is -0.910. The Morgan fingerprint density at radius 2 is 2.13 bits per heavy atom. The van der Waals surface area contributed by atoms with Crippen LogP contribution in [0.15, 0.2) is 18.7 Å². The fourth-order valence-corrected chi connectivity index (χ4v) is 2.38. The van der Waals surface area contributed by atoms with Gasteiger partial charge in [0, 0.05) is 0 Å². The van der Waals surface area contributed by atoms with Crippen LogP contribution in [0, 0.1) is 0 Å². The molecule has 2 saturated heterocycles. The Labute approximate surface area is 87.8 Å². The predicted octanol–water partition coefficient (Wildman–Crippen LogP) is -0.988. The fraction of sp³-hybridized carbons (Fsp3) is 0.700. The van der Waals surface area contributed by atoms with Crippen LogP contribution >= 0.6 is 0 Å². The van der Waals surface area contributed by atoms with Gasteiger partial charge >= 0.3 is 0 Å². The zero-order chi connectivity index (χ0) is 10.4. The smallest absolute Gasteiger partial charge is 0.243 e.